The zero-order chi connectivity index (χ0) is 19.6. The number of hydrogen-bond donors (Lipinski definition) is 1. The molecular weight excluding hydrogens is 372 g/mol. The molecule has 1 N–H and O–H groups in total. The summed E-state index contributed by atoms with van der Waals surface area (Å²) >= 11 is 0. The molecular formula is C18H18N2O6S. The first-order valence-corrected chi connectivity index (χ1v) is 9.87. The van der Waals surface area contributed by atoms with Crippen molar-refractivity contribution in [3.63, 3.8) is 0 Å². The van der Waals surface area contributed by atoms with Gasteiger partial charge in [-0.15, -0.1) is 0 Å². The molecule has 9 heteroatoms. The molecule has 0 spiro atoms. The number of nitrogens with zero attached hydrogens (tertiary/aromatic N) is 1. The highest BCUT2D eigenvalue weighted by Gasteiger charge is 2.35. The van der Waals surface area contributed by atoms with Crippen LogP contribution in [0.15, 0.2) is 48.5 Å². The predicted molar refractivity (Wildman–Crippen MR) is 99.5 cm³/mol. The highest BCUT2D eigenvalue weighted by Crippen LogP contribution is 2.34. The fraction of sp³-hybridized carbons (Fsp3) is 0.222. The van der Waals surface area contributed by atoms with Crippen LogP contribution in [0.5, 0.6) is 5.75 Å². The second-order valence-electron chi connectivity index (χ2n) is 5.89. The molecule has 1 amide bonds. The molecule has 142 valence electrons. The lowest BCUT2D eigenvalue weighted by Crippen LogP contribution is -2.48. The van der Waals surface area contributed by atoms with Gasteiger partial charge in [0.25, 0.3) is 5.91 Å². The molecule has 0 aliphatic carbocycles. The third-order valence-corrected chi connectivity index (χ3v) is 5.16. The Bertz CT molecular complexity index is 989. The first-order valence-electron chi connectivity index (χ1n) is 8.03. The van der Waals surface area contributed by atoms with Crippen LogP contribution >= 0.6 is 0 Å². The number of carbonyl (C=O) groups is 2. The molecule has 1 aliphatic heterocycles. The van der Waals surface area contributed by atoms with Crippen LogP contribution in [-0.2, 0) is 19.6 Å². The van der Waals surface area contributed by atoms with Crippen molar-refractivity contribution >= 4 is 33.3 Å². The summed E-state index contributed by atoms with van der Waals surface area (Å²) in [5, 5.41) is 2.61. The SMILES string of the molecule is COC(=O)c1ccccc1NC(=O)[C@@H]1CN(S(C)(=O)=O)c2ccccc2O1. The lowest BCUT2D eigenvalue weighted by molar-refractivity contribution is -0.122. The number of amides is 1. The Morgan fingerprint density at radius 2 is 1.81 bits per heavy atom. The van der Waals surface area contributed by atoms with Gasteiger partial charge < -0.3 is 14.8 Å². The molecule has 0 radical (unpaired) electrons. The summed E-state index contributed by atoms with van der Waals surface area (Å²) in [7, 11) is -2.36. The van der Waals surface area contributed by atoms with Crippen LogP contribution in [0.3, 0.4) is 0 Å². The average molecular weight is 390 g/mol. The molecule has 0 saturated heterocycles. The van der Waals surface area contributed by atoms with Gasteiger partial charge in [0.1, 0.15) is 5.75 Å². The van der Waals surface area contributed by atoms with Crippen molar-refractivity contribution in [1.82, 2.24) is 0 Å². The van der Waals surface area contributed by atoms with Crippen LogP contribution in [0, 0.1) is 0 Å². The number of para-hydroxylation sites is 3. The minimum atomic E-state index is -3.60. The van der Waals surface area contributed by atoms with Gasteiger partial charge in [-0.25, -0.2) is 13.2 Å². The maximum absolute atomic E-state index is 12.7. The van der Waals surface area contributed by atoms with Crippen molar-refractivity contribution in [3.05, 3.63) is 54.1 Å². The Hall–Kier alpha value is -3.07. The zero-order valence-corrected chi connectivity index (χ0v) is 15.5. The maximum Gasteiger partial charge on any atom is 0.339 e. The Kier molecular flexibility index (Phi) is 5.04. The zero-order valence-electron chi connectivity index (χ0n) is 14.7. The van der Waals surface area contributed by atoms with Gasteiger partial charge in [-0.1, -0.05) is 24.3 Å². The van der Waals surface area contributed by atoms with E-state index < -0.39 is 28.0 Å². The van der Waals surface area contributed by atoms with Crippen molar-refractivity contribution in [1.29, 1.82) is 0 Å². The number of fused-ring (bicyclic) bond motifs is 1. The van der Waals surface area contributed by atoms with Gasteiger partial charge in [0.2, 0.25) is 10.0 Å². The molecule has 0 bridgehead atoms. The lowest BCUT2D eigenvalue weighted by atomic mass is 10.1. The van der Waals surface area contributed by atoms with Crippen molar-refractivity contribution in [3.8, 4) is 5.75 Å². The minimum Gasteiger partial charge on any atom is -0.476 e. The third kappa shape index (κ3) is 3.87. The number of esters is 1. The van der Waals surface area contributed by atoms with Gasteiger partial charge >= 0.3 is 5.97 Å². The Morgan fingerprint density at radius 1 is 1.15 bits per heavy atom. The molecule has 8 nitrogen and oxygen atoms in total. The quantitative estimate of drug-likeness (QED) is 0.797. The van der Waals surface area contributed by atoms with Crippen molar-refractivity contribution in [2.45, 2.75) is 6.10 Å². The molecule has 0 saturated carbocycles. The third-order valence-electron chi connectivity index (χ3n) is 4.02. The van der Waals surface area contributed by atoms with E-state index in [-0.39, 0.29) is 23.5 Å². The van der Waals surface area contributed by atoms with E-state index in [0.717, 1.165) is 10.6 Å². The van der Waals surface area contributed by atoms with Crippen LogP contribution in [0.1, 0.15) is 10.4 Å². The summed E-state index contributed by atoms with van der Waals surface area (Å²) in [6.07, 6.45) is -0.0169. The smallest absolute Gasteiger partial charge is 0.339 e. The van der Waals surface area contributed by atoms with E-state index in [4.69, 9.17) is 9.47 Å². The Morgan fingerprint density at radius 3 is 2.52 bits per heavy atom. The maximum atomic E-state index is 12.7. The fourth-order valence-corrected chi connectivity index (χ4v) is 3.66. The van der Waals surface area contributed by atoms with Crippen molar-refractivity contribution < 1.29 is 27.5 Å². The molecule has 3 rings (SSSR count). The molecule has 27 heavy (non-hydrogen) atoms. The predicted octanol–water partition coefficient (Wildman–Crippen LogP) is 1.64. The number of anilines is 2. The lowest BCUT2D eigenvalue weighted by Gasteiger charge is -2.33. The van der Waals surface area contributed by atoms with Crippen LogP contribution < -0.4 is 14.4 Å². The normalized spacial score (nSPS) is 16.1. The molecule has 0 aromatic heterocycles. The van der Waals surface area contributed by atoms with Gasteiger partial charge in [0, 0.05) is 0 Å². The van der Waals surface area contributed by atoms with Gasteiger partial charge in [0.15, 0.2) is 6.10 Å². The van der Waals surface area contributed by atoms with E-state index in [2.05, 4.69) is 5.32 Å². The van der Waals surface area contributed by atoms with E-state index in [0.29, 0.717) is 5.69 Å². The fourth-order valence-electron chi connectivity index (χ4n) is 2.75. The second-order valence-corrected chi connectivity index (χ2v) is 7.80. The molecule has 2 aromatic carbocycles. The number of benzene rings is 2. The van der Waals surface area contributed by atoms with Crippen LogP contribution in [-0.4, -0.2) is 46.3 Å². The van der Waals surface area contributed by atoms with E-state index in [9.17, 15) is 18.0 Å². The Labute approximate surface area is 156 Å². The largest absolute Gasteiger partial charge is 0.476 e. The van der Waals surface area contributed by atoms with Crippen molar-refractivity contribution in [2.24, 2.45) is 0 Å². The Balaban J connectivity index is 1.88. The molecule has 2 aromatic rings. The minimum absolute atomic E-state index is 0.179. The standard InChI is InChI=1S/C18H18N2O6S/c1-25-18(22)12-7-3-4-8-13(12)19-17(21)16-11-20(27(2,23)24)14-9-5-6-10-15(14)26-16/h3-10,16H,11H2,1-2H3,(H,19,21)/t16-/m0/s1. The monoisotopic (exact) mass is 390 g/mol. The van der Waals surface area contributed by atoms with Gasteiger partial charge in [0.05, 0.1) is 36.8 Å². The first-order chi connectivity index (χ1) is 12.8. The van der Waals surface area contributed by atoms with Crippen molar-refractivity contribution in [2.75, 3.05) is 29.5 Å². The van der Waals surface area contributed by atoms with Crippen LogP contribution in [0.2, 0.25) is 0 Å². The van der Waals surface area contributed by atoms with Crippen LogP contribution in [0.25, 0.3) is 0 Å². The molecule has 1 atom stereocenters. The van der Waals surface area contributed by atoms with Gasteiger partial charge in [-0.2, -0.15) is 0 Å². The van der Waals surface area contributed by atoms with Gasteiger partial charge in [-0.3, -0.25) is 9.10 Å². The summed E-state index contributed by atoms with van der Waals surface area (Å²) in [4.78, 5) is 24.6. The first kappa shape index (κ1) is 18.7. The number of ether oxygens (including phenoxy) is 2. The highest BCUT2D eigenvalue weighted by atomic mass is 32.2. The number of rotatable bonds is 4. The molecule has 1 aliphatic rings. The van der Waals surface area contributed by atoms with E-state index in [1.54, 1.807) is 42.5 Å². The summed E-state index contributed by atoms with van der Waals surface area (Å²) in [5.74, 6) is -0.886. The highest BCUT2D eigenvalue weighted by molar-refractivity contribution is 7.92. The number of hydrogen-bond acceptors (Lipinski definition) is 6. The molecule has 0 fully saturated rings. The van der Waals surface area contributed by atoms with E-state index in [1.807, 2.05) is 0 Å². The van der Waals surface area contributed by atoms with Crippen LogP contribution in [0.4, 0.5) is 11.4 Å². The second kappa shape index (κ2) is 7.28. The molecule has 0 unspecified atom stereocenters. The summed E-state index contributed by atoms with van der Waals surface area (Å²) < 4.78 is 35.8. The van der Waals surface area contributed by atoms with E-state index >= 15 is 0 Å². The average Bonchev–Trinajstić information content (AvgIpc) is 2.66. The summed E-state index contributed by atoms with van der Waals surface area (Å²) in [6, 6.07) is 12.9. The summed E-state index contributed by atoms with van der Waals surface area (Å²) in [5.41, 5.74) is 0.811. The van der Waals surface area contributed by atoms with Gasteiger partial charge in [-0.05, 0) is 24.3 Å². The summed E-state index contributed by atoms with van der Waals surface area (Å²) in [6.45, 7) is -0.179. The van der Waals surface area contributed by atoms with E-state index in [1.165, 1.54) is 13.2 Å². The number of nitrogens with one attached hydrogen (secondary N) is 1. The number of methoxy groups -OCH3 is 1. The topological polar surface area (TPSA) is 102 Å². The molecule has 1 heterocycles. The number of carbonyl (C=O) groups excluding carboxylic acids is 2. The number of sulfonamides is 1.